The van der Waals surface area contributed by atoms with Crippen molar-refractivity contribution < 1.29 is 19.4 Å². The molecule has 0 heterocycles. The number of nitrogens with zero attached hydrogens (tertiary/aromatic N) is 1. The Bertz CT molecular complexity index is 292. The fourth-order valence-corrected chi connectivity index (χ4v) is 1.65. The molecule has 1 rings (SSSR count). The van der Waals surface area contributed by atoms with Crippen LogP contribution in [0.1, 0.15) is 26.2 Å². The van der Waals surface area contributed by atoms with Gasteiger partial charge in [0, 0.05) is 20.2 Å². The van der Waals surface area contributed by atoms with Gasteiger partial charge in [0.25, 0.3) is 0 Å². The van der Waals surface area contributed by atoms with Crippen molar-refractivity contribution in [3.63, 3.8) is 0 Å². The van der Waals surface area contributed by atoms with Gasteiger partial charge in [0.1, 0.15) is 6.04 Å². The first-order valence-electron chi connectivity index (χ1n) is 6.37. The lowest BCUT2D eigenvalue weighted by Crippen LogP contribution is -2.47. The Morgan fingerprint density at radius 3 is 2.67 bits per heavy atom. The summed E-state index contributed by atoms with van der Waals surface area (Å²) in [7, 11) is 1.49. The van der Waals surface area contributed by atoms with Crippen LogP contribution in [0.3, 0.4) is 0 Å². The summed E-state index contributed by atoms with van der Waals surface area (Å²) in [6, 6.07) is -1.16. The molecule has 1 aliphatic rings. The van der Waals surface area contributed by atoms with Crippen LogP contribution >= 0.6 is 0 Å². The van der Waals surface area contributed by atoms with Crippen molar-refractivity contribution in [2.75, 3.05) is 26.8 Å². The summed E-state index contributed by atoms with van der Waals surface area (Å²) in [6.45, 7) is 3.38. The summed E-state index contributed by atoms with van der Waals surface area (Å²) in [5.41, 5.74) is 0. The summed E-state index contributed by atoms with van der Waals surface area (Å²) in [6.07, 6.45) is 2.87. The second-order valence-corrected chi connectivity index (χ2v) is 4.62. The van der Waals surface area contributed by atoms with Crippen molar-refractivity contribution in [2.45, 2.75) is 32.2 Å². The van der Waals surface area contributed by atoms with Crippen LogP contribution in [0.15, 0.2) is 0 Å². The van der Waals surface area contributed by atoms with E-state index < -0.39 is 12.0 Å². The zero-order valence-corrected chi connectivity index (χ0v) is 11.0. The van der Waals surface area contributed by atoms with Gasteiger partial charge < -0.3 is 20.1 Å². The summed E-state index contributed by atoms with van der Waals surface area (Å²) in [5, 5.41) is 11.6. The van der Waals surface area contributed by atoms with Crippen molar-refractivity contribution in [1.82, 2.24) is 10.2 Å². The van der Waals surface area contributed by atoms with Crippen LogP contribution in [0.4, 0.5) is 4.79 Å². The third-order valence-corrected chi connectivity index (χ3v) is 3.03. The third-order valence-electron chi connectivity index (χ3n) is 3.03. The van der Waals surface area contributed by atoms with Crippen LogP contribution in [-0.2, 0) is 9.53 Å². The molecular weight excluding hydrogens is 236 g/mol. The largest absolute Gasteiger partial charge is 0.480 e. The Morgan fingerprint density at radius 2 is 2.17 bits per heavy atom. The Morgan fingerprint density at radius 1 is 1.50 bits per heavy atom. The standard InChI is InChI=1S/C12H22N2O4/c1-3-10(11(15)16)14(2)12(17)13-6-7-18-8-9-4-5-9/h9-10H,3-8H2,1-2H3,(H,13,17)(H,15,16). The van der Waals surface area contributed by atoms with Gasteiger partial charge in [0.05, 0.1) is 6.61 Å². The Hall–Kier alpha value is -1.30. The molecule has 18 heavy (non-hydrogen) atoms. The smallest absolute Gasteiger partial charge is 0.326 e. The Balaban J connectivity index is 2.15. The van der Waals surface area contributed by atoms with Gasteiger partial charge in [-0.05, 0) is 25.2 Å². The number of urea groups is 1. The number of amides is 2. The third kappa shape index (κ3) is 4.91. The highest BCUT2D eigenvalue weighted by Gasteiger charge is 2.24. The lowest BCUT2D eigenvalue weighted by molar-refractivity contribution is -0.141. The van der Waals surface area contributed by atoms with Crippen LogP contribution in [0.5, 0.6) is 0 Å². The highest BCUT2D eigenvalue weighted by Crippen LogP contribution is 2.28. The Kier molecular flexibility index (Phi) is 5.91. The lowest BCUT2D eigenvalue weighted by Gasteiger charge is -2.23. The summed E-state index contributed by atoms with van der Waals surface area (Å²) in [5.74, 6) is -0.278. The number of ether oxygens (including phenoxy) is 1. The maximum Gasteiger partial charge on any atom is 0.326 e. The highest BCUT2D eigenvalue weighted by atomic mass is 16.5. The molecule has 0 bridgehead atoms. The van der Waals surface area contributed by atoms with Gasteiger partial charge >= 0.3 is 12.0 Å². The van der Waals surface area contributed by atoms with Crippen LogP contribution in [0.25, 0.3) is 0 Å². The number of carboxylic acids is 1. The predicted molar refractivity (Wildman–Crippen MR) is 66.4 cm³/mol. The van der Waals surface area contributed by atoms with E-state index in [1.54, 1.807) is 6.92 Å². The van der Waals surface area contributed by atoms with Gasteiger partial charge in [-0.25, -0.2) is 9.59 Å². The predicted octanol–water partition coefficient (Wildman–Crippen LogP) is 0.918. The second kappa shape index (κ2) is 7.20. The molecule has 0 radical (unpaired) electrons. The molecule has 0 aromatic heterocycles. The summed E-state index contributed by atoms with van der Waals surface area (Å²) in [4.78, 5) is 23.8. The summed E-state index contributed by atoms with van der Waals surface area (Å²) >= 11 is 0. The number of likely N-dealkylation sites (N-methyl/N-ethyl adjacent to an activating group) is 1. The summed E-state index contributed by atoms with van der Waals surface area (Å²) < 4.78 is 5.37. The average Bonchev–Trinajstić information content (AvgIpc) is 3.12. The molecule has 0 spiro atoms. The Labute approximate surface area is 107 Å². The van der Waals surface area contributed by atoms with Crippen molar-refractivity contribution in [3.05, 3.63) is 0 Å². The van der Waals surface area contributed by atoms with Gasteiger partial charge in [0.2, 0.25) is 0 Å². The fourth-order valence-electron chi connectivity index (χ4n) is 1.65. The van der Waals surface area contributed by atoms with Gasteiger partial charge in [-0.1, -0.05) is 6.92 Å². The van der Waals surface area contributed by atoms with E-state index >= 15 is 0 Å². The van der Waals surface area contributed by atoms with Crippen molar-refractivity contribution >= 4 is 12.0 Å². The molecule has 6 heteroatoms. The van der Waals surface area contributed by atoms with Crippen molar-refractivity contribution in [3.8, 4) is 0 Å². The number of aliphatic carboxylic acids is 1. The average molecular weight is 258 g/mol. The van der Waals surface area contributed by atoms with Gasteiger partial charge in [-0.3, -0.25) is 0 Å². The molecule has 0 aromatic rings. The van der Waals surface area contributed by atoms with Gasteiger partial charge in [-0.15, -0.1) is 0 Å². The van der Waals surface area contributed by atoms with E-state index in [1.807, 2.05) is 0 Å². The van der Waals surface area contributed by atoms with E-state index in [1.165, 1.54) is 24.8 Å². The van der Waals surface area contributed by atoms with Gasteiger partial charge in [0.15, 0.2) is 0 Å². The maximum atomic E-state index is 11.7. The van der Waals surface area contributed by atoms with E-state index in [0.717, 1.165) is 6.61 Å². The molecule has 0 aromatic carbocycles. The molecule has 104 valence electrons. The number of carbonyl (C=O) groups is 2. The maximum absolute atomic E-state index is 11.7. The second-order valence-electron chi connectivity index (χ2n) is 4.62. The minimum Gasteiger partial charge on any atom is -0.480 e. The zero-order chi connectivity index (χ0) is 13.5. The molecule has 1 aliphatic carbocycles. The molecule has 6 nitrogen and oxygen atoms in total. The number of carbonyl (C=O) groups excluding carboxylic acids is 1. The topological polar surface area (TPSA) is 78.9 Å². The first-order chi connectivity index (χ1) is 8.56. The number of hydrogen-bond acceptors (Lipinski definition) is 3. The van der Waals surface area contributed by atoms with Crippen LogP contribution < -0.4 is 5.32 Å². The fraction of sp³-hybridized carbons (Fsp3) is 0.833. The first kappa shape index (κ1) is 14.8. The molecule has 1 saturated carbocycles. The van der Waals surface area contributed by atoms with E-state index in [4.69, 9.17) is 9.84 Å². The lowest BCUT2D eigenvalue weighted by atomic mass is 10.2. The molecule has 1 fully saturated rings. The molecule has 0 aliphatic heterocycles. The molecule has 1 unspecified atom stereocenters. The van der Waals surface area contributed by atoms with Crippen LogP contribution in [-0.4, -0.2) is 54.9 Å². The minimum absolute atomic E-state index is 0.376. The van der Waals surface area contributed by atoms with Gasteiger partial charge in [-0.2, -0.15) is 0 Å². The SMILES string of the molecule is CCC(C(=O)O)N(C)C(=O)NCCOCC1CC1. The number of carboxylic acid groups (broad SMARTS) is 1. The number of rotatable bonds is 8. The van der Waals surface area contributed by atoms with E-state index in [2.05, 4.69) is 5.32 Å². The zero-order valence-electron chi connectivity index (χ0n) is 11.0. The highest BCUT2D eigenvalue weighted by molar-refractivity contribution is 5.82. The van der Waals surface area contributed by atoms with E-state index in [-0.39, 0.29) is 6.03 Å². The van der Waals surface area contributed by atoms with E-state index in [9.17, 15) is 9.59 Å². The number of hydrogen-bond donors (Lipinski definition) is 2. The van der Waals surface area contributed by atoms with Crippen molar-refractivity contribution in [1.29, 1.82) is 0 Å². The van der Waals surface area contributed by atoms with Crippen LogP contribution in [0.2, 0.25) is 0 Å². The molecular formula is C12H22N2O4. The molecule has 1 atom stereocenters. The molecule has 2 N–H and O–H groups in total. The first-order valence-corrected chi connectivity index (χ1v) is 6.37. The van der Waals surface area contributed by atoms with Crippen molar-refractivity contribution in [2.24, 2.45) is 5.92 Å². The molecule has 0 saturated heterocycles. The quantitative estimate of drug-likeness (QED) is 0.634. The molecule has 2 amide bonds. The minimum atomic E-state index is -0.986. The van der Waals surface area contributed by atoms with E-state index in [0.29, 0.717) is 25.5 Å². The normalized spacial score (nSPS) is 16.1. The van der Waals surface area contributed by atoms with Crippen LogP contribution in [0, 0.1) is 5.92 Å². The number of nitrogens with one attached hydrogen (secondary N) is 1. The monoisotopic (exact) mass is 258 g/mol.